The second-order valence-electron chi connectivity index (χ2n) is 4.40. The number of carbonyl (C=O) groups excluding carboxylic acids is 2. The largest absolute Gasteiger partial charge is 0.376 e. The Morgan fingerprint density at radius 2 is 2.06 bits per heavy atom. The summed E-state index contributed by atoms with van der Waals surface area (Å²) in [5.41, 5.74) is 3.15. The molecular weight excluding hydrogens is 230 g/mol. The number of benzene rings is 1. The maximum absolute atomic E-state index is 11.9. The van der Waals surface area contributed by atoms with E-state index in [0.29, 0.717) is 13.1 Å². The van der Waals surface area contributed by atoms with Crippen LogP contribution in [0.4, 0.5) is 10.5 Å². The van der Waals surface area contributed by atoms with Crippen LogP contribution < -0.4 is 10.6 Å². The third-order valence-electron chi connectivity index (χ3n) is 3.06. The van der Waals surface area contributed by atoms with Crippen LogP contribution in [0.3, 0.4) is 0 Å². The summed E-state index contributed by atoms with van der Waals surface area (Å²) in [5.74, 6) is -0.201. The van der Waals surface area contributed by atoms with Crippen LogP contribution in [0.1, 0.15) is 11.1 Å². The molecule has 0 saturated carbocycles. The molecular formula is C13H17N3O2. The summed E-state index contributed by atoms with van der Waals surface area (Å²) in [6.45, 7) is 5.10. The Morgan fingerprint density at radius 3 is 2.61 bits per heavy atom. The number of anilines is 1. The smallest absolute Gasteiger partial charge is 0.324 e. The number of rotatable bonds is 3. The Kier molecular flexibility index (Phi) is 3.50. The zero-order valence-corrected chi connectivity index (χ0v) is 10.6. The SMILES string of the molecule is Cc1cccc(C)c1NCC(=O)N1CCNC1=O. The molecule has 1 fully saturated rings. The van der Waals surface area contributed by atoms with Gasteiger partial charge in [0.2, 0.25) is 5.91 Å². The first-order valence-electron chi connectivity index (χ1n) is 5.98. The van der Waals surface area contributed by atoms with E-state index >= 15 is 0 Å². The highest BCUT2D eigenvalue weighted by atomic mass is 16.2. The van der Waals surface area contributed by atoms with E-state index in [9.17, 15) is 9.59 Å². The molecule has 18 heavy (non-hydrogen) atoms. The highest BCUT2D eigenvalue weighted by molar-refractivity contribution is 5.97. The molecule has 2 N–H and O–H groups in total. The Bertz CT molecular complexity index is 465. The number of urea groups is 1. The minimum Gasteiger partial charge on any atom is -0.376 e. The zero-order chi connectivity index (χ0) is 13.1. The number of imide groups is 1. The Labute approximate surface area is 106 Å². The van der Waals surface area contributed by atoms with Gasteiger partial charge in [-0.3, -0.25) is 9.69 Å². The molecule has 1 aromatic rings. The first-order chi connectivity index (χ1) is 8.59. The Morgan fingerprint density at radius 1 is 1.39 bits per heavy atom. The second kappa shape index (κ2) is 5.08. The molecule has 0 aromatic heterocycles. The summed E-state index contributed by atoms with van der Waals surface area (Å²) >= 11 is 0. The lowest BCUT2D eigenvalue weighted by atomic mass is 10.1. The van der Waals surface area contributed by atoms with Gasteiger partial charge in [0.1, 0.15) is 0 Å². The van der Waals surface area contributed by atoms with E-state index in [0.717, 1.165) is 16.8 Å². The number of carbonyl (C=O) groups is 2. The minimum atomic E-state index is -0.302. The van der Waals surface area contributed by atoms with Crippen molar-refractivity contribution in [2.24, 2.45) is 0 Å². The average molecular weight is 247 g/mol. The number of amides is 3. The van der Waals surface area contributed by atoms with Gasteiger partial charge in [-0.25, -0.2) is 4.79 Å². The lowest BCUT2D eigenvalue weighted by Crippen LogP contribution is -2.38. The van der Waals surface area contributed by atoms with Gasteiger partial charge >= 0.3 is 6.03 Å². The van der Waals surface area contributed by atoms with Crippen molar-refractivity contribution in [3.05, 3.63) is 29.3 Å². The number of nitrogens with zero attached hydrogens (tertiary/aromatic N) is 1. The molecule has 3 amide bonds. The van der Waals surface area contributed by atoms with E-state index in [1.807, 2.05) is 32.0 Å². The van der Waals surface area contributed by atoms with Crippen LogP contribution in [0, 0.1) is 13.8 Å². The van der Waals surface area contributed by atoms with Crippen LogP contribution in [-0.2, 0) is 4.79 Å². The van der Waals surface area contributed by atoms with Crippen molar-refractivity contribution in [3.8, 4) is 0 Å². The highest BCUT2D eigenvalue weighted by Gasteiger charge is 2.25. The van der Waals surface area contributed by atoms with Gasteiger partial charge in [-0.15, -0.1) is 0 Å². The van der Waals surface area contributed by atoms with Gasteiger partial charge < -0.3 is 10.6 Å². The average Bonchev–Trinajstić information content (AvgIpc) is 2.74. The predicted molar refractivity (Wildman–Crippen MR) is 69.5 cm³/mol. The van der Waals surface area contributed by atoms with Gasteiger partial charge in [-0.05, 0) is 25.0 Å². The van der Waals surface area contributed by atoms with Crippen LogP contribution in [0.5, 0.6) is 0 Å². The fourth-order valence-corrected chi connectivity index (χ4v) is 2.06. The number of hydrogen-bond donors (Lipinski definition) is 2. The molecule has 0 atom stereocenters. The predicted octanol–water partition coefficient (Wildman–Crippen LogP) is 1.27. The van der Waals surface area contributed by atoms with Crippen LogP contribution in [-0.4, -0.2) is 36.5 Å². The monoisotopic (exact) mass is 247 g/mol. The van der Waals surface area contributed by atoms with Crippen molar-refractivity contribution in [2.75, 3.05) is 25.0 Å². The summed E-state index contributed by atoms with van der Waals surface area (Å²) in [6, 6.07) is 5.65. The van der Waals surface area contributed by atoms with Crippen LogP contribution in [0.25, 0.3) is 0 Å². The number of aryl methyl sites for hydroxylation is 2. The van der Waals surface area contributed by atoms with E-state index in [-0.39, 0.29) is 18.5 Å². The van der Waals surface area contributed by atoms with Crippen molar-refractivity contribution >= 4 is 17.6 Å². The lowest BCUT2D eigenvalue weighted by molar-refractivity contribution is -0.125. The summed E-state index contributed by atoms with van der Waals surface area (Å²) in [4.78, 5) is 24.4. The first kappa shape index (κ1) is 12.4. The lowest BCUT2D eigenvalue weighted by Gasteiger charge is -2.15. The van der Waals surface area contributed by atoms with Crippen molar-refractivity contribution < 1.29 is 9.59 Å². The second-order valence-corrected chi connectivity index (χ2v) is 4.40. The summed E-state index contributed by atoms with van der Waals surface area (Å²) < 4.78 is 0. The number of hydrogen-bond acceptors (Lipinski definition) is 3. The zero-order valence-electron chi connectivity index (χ0n) is 10.6. The van der Waals surface area contributed by atoms with Gasteiger partial charge in [0.05, 0.1) is 6.54 Å². The van der Waals surface area contributed by atoms with Gasteiger partial charge in [0.25, 0.3) is 0 Å². The molecule has 0 spiro atoms. The van der Waals surface area contributed by atoms with Crippen LogP contribution >= 0.6 is 0 Å². The summed E-state index contributed by atoms with van der Waals surface area (Å²) in [7, 11) is 0. The van der Waals surface area contributed by atoms with Crippen molar-refractivity contribution in [1.82, 2.24) is 10.2 Å². The molecule has 1 aliphatic rings. The molecule has 0 bridgehead atoms. The van der Waals surface area contributed by atoms with E-state index in [1.165, 1.54) is 4.90 Å². The highest BCUT2D eigenvalue weighted by Crippen LogP contribution is 2.19. The van der Waals surface area contributed by atoms with E-state index in [1.54, 1.807) is 0 Å². The topological polar surface area (TPSA) is 61.4 Å². The van der Waals surface area contributed by atoms with Gasteiger partial charge in [-0.1, -0.05) is 18.2 Å². The van der Waals surface area contributed by atoms with Crippen molar-refractivity contribution in [2.45, 2.75) is 13.8 Å². The molecule has 1 aliphatic heterocycles. The third-order valence-corrected chi connectivity index (χ3v) is 3.06. The van der Waals surface area contributed by atoms with E-state index in [2.05, 4.69) is 10.6 Å². The standard InChI is InChI=1S/C13H17N3O2/c1-9-4-3-5-10(2)12(9)15-8-11(17)16-7-6-14-13(16)18/h3-5,15H,6-8H2,1-2H3,(H,14,18). The quantitative estimate of drug-likeness (QED) is 0.845. The van der Waals surface area contributed by atoms with Crippen LogP contribution in [0.15, 0.2) is 18.2 Å². The van der Waals surface area contributed by atoms with E-state index < -0.39 is 0 Å². The van der Waals surface area contributed by atoms with Gasteiger partial charge in [0, 0.05) is 18.8 Å². The van der Waals surface area contributed by atoms with E-state index in [4.69, 9.17) is 0 Å². The Hall–Kier alpha value is -2.04. The fourth-order valence-electron chi connectivity index (χ4n) is 2.06. The molecule has 5 heteroatoms. The fraction of sp³-hybridized carbons (Fsp3) is 0.385. The minimum absolute atomic E-state index is 0.138. The summed E-state index contributed by atoms with van der Waals surface area (Å²) in [6.07, 6.45) is 0. The normalized spacial score (nSPS) is 14.6. The van der Waals surface area contributed by atoms with Crippen molar-refractivity contribution in [1.29, 1.82) is 0 Å². The third kappa shape index (κ3) is 2.45. The van der Waals surface area contributed by atoms with Gasteiger partial charge in [-0.2, -0.15) is 0 Å². The molecule has 96 valence electrons. The molecule has 0 radical (unpaired) electrons. The van der Waals surface area contributed by atoms with Crippen molar-refractivity contribution in [3.63, 3.8) is 0 Å². The molecule has 0 aliphatic carbocycles. The molecule has 0 unspecified atom stereocenters. The Balaban J connectivity index is 1.99. The molecule has 1 heterocycles. The molecule has 1 aromatic carbocycles. The molecule has 1 saturated heterocycles. The summed E-state index contributed by atoms with van der Waals surface area (Å²) in [5, 5.41) is 5.72. The van der Waals surface area contributed by atoms with Gasteiger partial charge in [0.15, 0.2) is 0 Å². The molecule has 5 nitrogen and oxygen atoms in total. The first-order valence-corrected chi connectivity index (χ1v) is 5.98. The maximum atomic E-state index is 11.9. The van der Waals surface area contributed by atoms with Crippen LogP contribution in [0.2, 0.25) is 0 Å². The molecule has 2 rings (SSSR count). The maximum Gasteiger partial charge on any atom is 0.324 e. The number of para-hydroxylation sites is 1. The number of nitrogens with one attached hydrogen (secondary N) is 2.